The number of hydrogen-bond acceptors (Lipinski definition) is 3. The van der Waals surface area contributed by atoms with Crippen LogP contribution in [0.1, 0.15) is 44.2 Å². The molecular weight excluding hydrogens is 268 g/mol. The van der Waals surface area contributed by atoms with Gasteiger partial charge in [-0.15, -0.1) is 0 Å². The van der Waals surface area contributed by atoms with Crippen LogP contribution in [0.25, 0.3) is 0 Å². The molecule has 2 rings (SSSR count). The first-order valence-electron chi connectivity index (χ1n) is 7.25. The lowest BCUT2D eigenvalue weighted by Crippen LogP contribution is -2.41. The van der Waals surface area contributed by atoms with Gasteiger partial charge in [-0.05, 0) is 30.4 Å². The van der Waals surface area contributed by atoms with Gasteiger partial charge in [-0.2, -0.15) is 0 Å². The summed E-state index contributed by atoms with van der Waals surface area (Å²) in [6, 6.07) is 7.36. The summed E-state index contributed by atoms with van der Waals surface area (Å²) >= 11 is 0. The molecule has 21 heavy (non-hydrogen) atoms. The van der Waals surface area contributed by atoms with Gasteiger partial charge in [-0.1, -0.05) is 38.1 Å². The van der Waals surface area contributed by atoms with Crippen LogP contribution in [0, 0.1) is 0 Å². The van der Waals surface area contributed by atoms with E-state index in [-0.39, 0.29) is 19.1 Å². The summed E-state index contributed by atoms with van der Waals surface area (Å²) in [5, 5.41) is 11.6. The van der Waals surface area contributed by atoms with Crippen LogP contribution in [0.4, 0.5) is 4.79 Å². The van der Waals surface area contributed by atoms with Crippen molar-refractivity contribution in [2.45, 2.75) is 38.6 Å². The van der Waals surface area contributed by atoms with Gasteiger partial charge in [-0.25, -0.2) is 4.79 Å². The molecule has 1 aliphatic rings. The molecule has 1 unspecified atom stereocenters. The van der Waals surface area contributed by atoms with Crippen LogP contribution < -0.4 is 5.32 Å². The summed E-state index contributed by atoms with van der Waals surface area (Å²) in [5.41, 5.74) is 0.940. The van der Waals surface area contributed by atoms with Crippen molar-refractivity contribution in [1.82, 2.24) is 10.2 Å². The van der Waals surface area contributed by atoms with Crippen LogP contribution in [0.3, 0.4) is 0 Å². The van der Waals surface area contributed by atoms with Crippen molar-refractivity contribution in [3.63, 3.8) is 0 Å². The van der Waals surface area contributed by atoms with Gasteiger partial charge in [0.15, 0.2) is 0 Å². The Labute approximate surface area is 125 Å². The number of amides is 3. The average molecular weight is 290 g/mol. The van der Waals surface area contributed by atoms with E-state index in [0.717, 1.165) is 5.56 Å². The predicted molar refractivity (Wildman–Crippen MR) is 79.8 cm³/mol. The second-order valence-corrected chi connectivity index (χ2v) is 5.87. The van der Waals surface area contributed by atoms with Crippen molar-refractivity contribution in [3.8, 4) is 0 Å². The van der Waals surface area contributed by atoms with Crippen molar-refractivity contribution < 1.29 is 14.7 Å². The standard InChI is InChI=1S/C16H22N2O3/c1-11(2)12-5-7-13(8-6-12)16(3)14(20)18(9-4-10-19)15(21)17-16/h5-8,11,19H,4,9-10H2,1-3H3,(H,17,21). The molecule has 1 fully saturated rings. The Balaban J connectivity index is 2.26. The Morgan fingerprint density at radius 3 is 2.38 bits per heavy atom. The maximum Gasteiger partial charge on any atom is 0.325 e. The maximum absolute atomic E-state index is 12.5. The molecule has 0 aromatic heterocycles. The average Bonchev–Trinajstić information content (AvgIpc) is 2.68. The van der Waals surface area contributed by atoms with E-state index in [4.69, 9.17) is 5.11 Å². The molecule has 0 saturated carbocycles. The molecule has 5 heteroatoms. The predicted octanol–water partition coefficient (Wildman–Crippen LogP) is 1.96. The van der Waals surface area contributed by atoms with Crippen molar-refractivity contribution in [1.29, 1.82) is 0 Å². The van der Waals surface area contributed by atoms with Gasteiger partial charge in [-0.3, -0.25) is 9.69 Å². The zero-order valence-corrected chi connectivity index (χ0v) is 12.7. The van der Waals surface area contributed by atoms with Crippen molar-refractivity contribution in [2.24, 2.45) is 0 Å². The number of rotatable bonds is 5. The minimum Gasteiger partial charge on any atom is -0.396 e. The van der Waals surface area contributed by atoms with E-state index in [1.807, 2.05) is 24.3 Å². The fraction of sp³-hybridized carbons (Fsp3) is 0.500. The molecule has 0 bridgehead atoms. The molecule has 1 aromatic rings. The summed E-state index contributed by atoms with van der Waals surface area (Å²) in [6.45, 7) is 6.12. The van der Waals surface area contributed by atoms with Gasteiger partial charge in [0, 0.05) is 13.2 Å². The molecule has 2 N–H and O–H groups in total. The Morgan fingerprint density at radius 1 is 1.24 bits per heavy atom. The number of nitrogens with one attached hydrogen (secondary N) is 1. The van der Waals surface area contributed by atoms with E-state index in [9.17, 15) is 9.59 Å². The zero-order chi connectivity index (χ0) is 15.6. The van der Waals surface area contributed by atoms with E-state index in [0.29, 0.717) is 12.3 Å². The number of imide groups is 1. The first kappa shape index (κ1) is 15.5. The van der Waals surface area contributed by atoms with E-state index < -0.39 is 11.6 Å². The van der Waals surface area contributed by atoms with Gasteiger partial charge in [0.2, 0.25) is 0 Å². The van der Waals surface area contributed by atoms with Gasteiger partial charge >= 0.3 is 6.03 Å². The van der Waals surface area contributed by atoms with E-state index in [1.54, 1.807) is 6.92 Å². The number of aliphatic hydroxyl groups excluding tert-OH is 1. The molecule has 114 valence electrons. The zero-order valence-electron chi connectivity index (χ0n) is 12.7. The number of benzene rings is 1. The number of hydrogen-bond donors (Lipinski definition) is 2. The summed E-state index contributed by atoms with van der Waals surface area (Å²) in [4.78, 5) is 25.7. The van der Waals surface area contributed by atoms with E-state index >= 15 is 0 Å². The fourth-order valence-electron chi connectivity index (χ4n) is 2.53. The molecule has 0 radical (unpaired) electrons. The SMILES string of the molecule is CC(C)c1ccc(C2(C)NC(=O)N(CCCO)C2=O)cc1. The fourth-order valence-corrected chi connectivity index (χ4v) is 2.53. The highest BCUT2D eigenvalue weighted by atomic mass is 16.3. The second-order valence-electron chi connectivity index (χ2n) is 5.87. The first-order chi connectivity index (χ1) is 9.90. The molecule has 1 aromatic carbocycles. The third-order valence-corrected chi connectivity index (χ3v) is 3.97. The number of aliphatic hydroxyl groups is 1. The van der Waals surface area contributed by atoms with Crippen LogP contribution in [-0.4, -0.2) is 35.1 Å². The van der Waals surface area contributed by atoms with Crippen molar-refractivity contribution >= 4 is 11.9 Å². The number of carbonyl (C=O) groups is 2. The third-order valence-electron chi connectivity index (χ3n) is 3.97. The molecule has 0 aliphatic carbocycles. The van der Waals surface area contributed by atoms with Crippen molar-refractivity contribution in [2.75, 3.05) is 13.2 Å². The number of nitrogens with zero attached hydrogens (tertiary/aromatic N) is 1. The number of carbonyl (C=O) groups excluding carboxylic acids is 2. The van der Waals surface area contributed by atoms with Gasteiger partial charge in [0.25, 0.3) is 5.91 Å². The Morgan fingerprint density at radius 2 is 1.86 bits per heavy atom. The smallest absolute Gasteiger partial charge is 0.325 e. The molecular formula is C16H22N2O3. The van der Waals surface area contributed by atoms with Gasteiger partial charge < -0.3 is 10.4 Å². The molecule has 1 atom stereocenters. The minimum absolute atomic E-state index is 0.0448. The Hall–Kier alpha value is -1.88. The lowest BCUT2D eigenvalue weighted by Gasteiger charge is -2.22. The highest BCUT2D eigenvalue weighted by Gasteiger charge is 2.48. The normalized spacial score (nSPS) is 22.0. The topological polar surface area (TPSA) is 69.6 Å². The van der Waals surface area contributed by atoms with Crippen LogP contribution in [-0.2, 0) is 10.3 Å². The van der Waals surface area contributed by atoms with E-state index in [2.05, 4.69) is 19.2 Å². The molecule has 0 spiro atoms. The van der Waals surface area contributed by atoms with Crippen LogP contribution >= 0.6 is 0 Å². The third kappa shape index (κ3) is 2.78. The minimum atomic E-state index is -1.03. The van der Waals surface area contributed by atoms with E-state index in [1.165, 1.54) is 10.5 Å². The van der Waals surface area contributed by atoms with Gasteiger partial charge in [0.1, 0.15) is 5.54 Å². The maximum atomic E-state index is 12.5. The lowest BCUT2D eigenvalue weighted by molar-refractivity contribution is -0.131. The molecule has 1 heterocycles. The van der Waals surface area contributed by atoms with Crippen LogP contribution in [0.2, 0.25) is 0 Å². The number of urea groups is 1. The summed E-state index contributed by atoms with van der Waals surface area (Å²) < 4.78 is 0. The second kappa shape index (κ2) is 5.85. The monoisotopic (exact) mass is 290 g/mol. The lowest BCUT2D eigenvalue weighted by atomic mass is 9.90. The molecule has 3 amide bonds. The first-order valence-corrected chi connectivity index (χ1v) is 7.25. The summed E-state index contributed by atoms with van der Waals surface area (Å²) in [5.74, 6) is 0.153. The Bertz CT molecular complexity index is 539. The van der Waals surface area contributed by atoms with Crippen LogP contribution in [0.5, 0.6) is 0 Å². The van der Waals surface area contributed by atoms with Crippen LogP contribution in [0.15, 0.2) is 24.3 Å². The molecule has 1 aliphatic heterocycles. The summed E-state index contributed by atoms with van der Waals surface area (Å²) in [6.07, 6.45) is 0.390. The highest BCUT2D eigenvalue weighted by molar-refractivity contribution is 6.07. The quantitative estimate of drug-likeness (QED) is 0.814. The molecule has 5 nitrogen and oxygen atoms in total. The highest BCUT2D eigenvalue weighted by Crippen LogP contribution is 2.29. The van der Waals surface area contributed by atoms with Gasteiger partial charge in [0.05, 0.1) is 0 Å². The van der Waals surface area contributed by atoms with Crippen molar-refractivity contribution in [3.05, 3.63) is 35.4 Å². The largest absolute Gasteiger partial charge is 0.396 e. The summed E-state index contributed by atoms with van der Waals surface area (Å²) in [7, 11) is 0. The molecule has 1 saturated heterocycles. The Kier molecular flexibility index (Phi) is 4.32.